The summed E-state index contributed by atoms with van der Waals surface area (Å²) in [4.78, 5) is 22.3. The molecule has 0 amide bonds. The maximum atomic E-state index is 9.10. The molecular formula is C16H21NO5S. The number of thiophene rings is 1. The molecule has 2 aliphatic rings. The lowest BCUT2D eigenvalue weighted by atomic mass is 9.93. The number of carboxylic acid groups (broad SMARTS) is 2. The minimum absolute atomic E-state index is 0.896. The first-order valence-corrected chi connectivity index (χ1v) is 8.48. The van der Waals surface area contributed by atoms with Crippen LogP contribution in [0.5, 0.6) is 0 Å². The molecule has 0 atom stereocenters. The SMILES string of the molecule is C(CN1CCOCC1)=C1CCCc2sccc21.O=C(O)C(=O)O. The fraction of sp³-hybridized carbons (Fsp3) is 0.500. The molecule has 2 N–H and O–H groups in total. The predicted molar refractivity (Wildman–Crippen MR) is 87.8 cm³/mol. The summed E-state index contributed by atoms with van der Waals surface area (Å²) in [5.41, 5.74) is 3.09. The summed E-state index contributed by atoms with van der Waals surface area (Å²) >= 11 is 1.92. The lowest BCUT2D eigenvalue weighted by Gasteiger charge is -2.26. The molecule has 0 spiro atoms. The Morgan fingerprint density at radius 3 is 2.57 bits per heavy atom. The molecule has 126 valence electrons. The highest BCUT2D eigenvalue weighted by molar-refractivity contribution is 7.10. The molecule has 3 rings (SSSR count). The van der Waals surface area contributed by atoms with Gasteiger partial charge in [-0.05, 0) is 41.8 Å². The zero-order chi connectivity index (χ0) is 16.7. The van der Waals surface area contributed by atoms with E-state index in [0.29, 0.717) is 0 Å². The number of morpholine rings is 1. The zero-order valence-electron chi connectivity index (χ0n) is 12.9. The molecule has 7 heteroatoms. The number of carboxylic acids is 2. The molecule has 0 aromatic carbocycles. The van der Waals surface area contributed by atoms with Gasteiger partial charge in [-0.1, -0.05) is 6.08 Å². The first kappa shape index (κ1) is 17.7. The third kappa shape index (κ3) is 5.46. The van der Waals surface area contributed by atoms with E-state index in [4.69, 9.17) is 24.5 Å². The minimum atomic E-state index is -1.82. The summed E-state index contributed by atoms with van der Waals surface area (Å²) in [7, 11) is 0. The number of fused-ring (bicyclic) bond motifs is 1. The van der Waals surface area contributed by atoms with E-state index < -0.39 is 11.9 Å². The van der Waals surface area contributed by atoms with Crippen LogP contribution in [0.15, 0.2) is 17.5 Å². The van der Waals surface area contributed by atoms with Crippen LogP contribution in [0.4, 0.5) is 0 Å². The van der Waals surface area contributed by atoms with Crippen molar-refractivity contribution < 1.29 is 24.5 Å². The van der Waals surface area contributed by atoms with Crippen LogP contribution in [-0.2, 0) is 20.7 Å². The Morgan fingerprint density at radius 2 is 1.91 bits per heavy atom. The molecule has 0 radical (unpaired) electrons. The van der Waals surface area contributed by atoms with Gasteiger partial charge in [-0.15, -0.1) is 11.3 Å². The van der Waals surface area contributed by atoms with Gasteiger partial charge < -0.3 is 14.9 Å². The number of hydrogen-bond acceptors (Lipinski definition) is 5. The van der Waals surface area contributed by atoms with Crippen molar-refractivity contribution in [3.8, 4) is 0 Å². The second-order valence-corrected chi connectivity index (χ2v) is 6.36. The Labute approximate surface area is 139 Å². The summed E-state index contributed by atoms with van der Waals surface area (Å²) in [6.07, 6.45) is 6.30. The van der Waals surface area contributed by atoms with E-state index in [2.05, 4.69) is 22.4 Å². The minimum Gasteiger partial charge on any atom is -0.473 e. The summed E-state index contributed by atoms with van der Waals surface area (Å²) in [6, 6.07) is 2.30. The van der Waals surface area contributed by atoms with Gasteiger partial charge in [0.2, 0.25) is 0 Å². The van der Waals surface area contributed by atoms with Crippen LogP contribution in [-0.4, -0.2) is 59.9 Å². The molecule has 1 aromatic heterocycles. The molecule has 1 aromatic rings. The smallest absolute Gasteiger partial charge is 0.414 e. The number of nitrogens with zero attached hydrogens (tertiary/aromatic N) is 1. The third-order valence-electron chi connectivity index (χ3n) is 3.82. The number of allylic oxidation sites excluding steroid dienone is 1. The topological polar surface area (TPSA) is 87.1 Å². The Hall–Kier alpha value is -1.70. The fourth-order valence-corrected chi connectivity index (χ4v) is 3.59. The Kier molecular flexibility index (Phi) is 6.76. The number of ether oxygens (including phenoxy) is 1. The van der Waals surface area contributed by atoms with Gasteiger partial charge in [0, 0.05) is 24.5 Å². The molecule has 1 aliphatic heterocycles. The lowest BCUT2D eigenvalue weighted by molar-refractivity contribution is -0.159. The van der Waals surface area contributed by atoms with E-state index in [-0.39, 0.29) is 0 Å². The van der Waals surface area contributed by atoms with Crippen molar-refractivity contribution in [2.45, 2.75) is 19.3 Å². The van der Waals surface area contributed by atoms with Crippen molar-refractivity contribution in [1.29, 1.82) is 0 Å². The van der Waals surface area contributed by atoms with Gasteiger partial charge in [0.15, 0.2) is 0 Å². The van der Waals surface area contributed by atoms with Gasteiger partial charge in [-0.25, -0.2) is 9.59 Å². The molecule has 0 saturated carbocycles. The Balaban J connectivity index is 0.000000277. The molecule has 23 heavy (non-hydrogen) atoms. The summed E-state index contributed by atoms with van der Waals surface area (Å²) in [5.74, 6) is -3.65. The van der Waals surface area contributed by atoms with Gasteiger partial charge in [-0.2, -0.15) is 0 Å². The molecule has 0 bridgehead atoms. The van der Waals surface area contributed by atoms with Crippen LogP contribution in [0.1, 0.15) is 23.3 Å². The molecule has 1 fully saturated rings. The van der Waals surface area contributed by atoms with Gasteiger partial charge in [0.1, 0.15) is 0 Å². The Morgan fingerprint density at radius 1 is 1.22 bits per heavy atom. The van der Waals surface area contributed by atoms with Crippen molar-refractivity contribution in [1.82, 2.24) is 4.90 Å². The van der Waals surface area contributed by atoms with Crippen molar-refractivity contribution in [2.24, 2.45) is 0 Å². The number of aryl methyl sites for hydroxylation is 1. The quantitative estimate of drug-likeness (QED) is 0.801. The maximum absolute atomic E-state index is 9.10. The highest BCUT2D eigenvalue weighted by Crippen LogP contribution is 2.33. The standard InChI is InChI=1S/C14H19NOS.C2H2O4/c1-2-12(13-5-11-17-14(13)3-1)4-6-15-7-9-16-10-8-15;3-1(4)2(5)6/h4-5,11H,1-3,6-10H2;(H,3,4)(H,5,6). The van der Waals surface area contributed by atoms with Crippen LogP contribution < -0.4 is 0 Å². The van der Waals surface area contributed by atoms with Gasteiger partial charge in [0.25, 0.3) is 0 Å². The molecular weight excluding hydrogens is 318 g/mol. The number of aliphatic carboxylic acids is 2. The largest absolute Gasteiger partial charge is 0.473 e. The maximum Gasteiger partial charge on any atom is 0.414 e. The zero-order valence-corrected chi connectivity index (χ0v) is 13.7. The molecule has 0 unspecified atom stereocenters. The average molecular weight is 339 g/mol. The van der Waals surface area contributed by atoms with Gasteiger partial charge >= 0.3 is 11.9 Å². The summed E-state index contributed by atoms with van der Waals surface area (Å²) in [5, 5.41) is 17.0. The van der Waals surface area contributed by atoms with Crippen molar-refractivity contribution >= 4 is 28.8 Å². The number of carbonyl (C=O) groups is 2. The highest BCUT2D eigenvalue weighted by Gasteiger charge is 2.15. The monoisotopic (exact) mass is 339 g/mol. The van der Waals surface area contributed by atoms with Crippen LogP contribution in [0.2, 0.25) is 0 Å². The number of rotatable bonds is 2. The van der Waals surface area contributed by atoms with Gasteiger partial charge in [0.05, 0.1) is 13.2 Å². The van der Waals surface area contributed by atoms with Crippen LogP contribution in [0.3, 0.4) is 0 Å². The third-order valence-corrected chi connectivity index (χ3v) is 4.80. The van der Waals surface area contributed by atoms with Crippen molar-refractivity contribution in [3.05, 3.63) is 28.0 Å². The van der Waals surface area contributed by atoms with E-state index in [9.17, 15) is 0 Å². The normalized spacial score (nSPS) is 19.6. The van der Waals surface area contributed by atoms with Gasteiger partial charge in [-0.3, -0.25) is 4.90 Å². The van der Waals surface area contributed by atoms with Crippen molar-refractivity contribution in [2.75, 3.05) is 32.8 Å². The van der Waals surface area contributed by atoms with Crippen LogP contribution in [0, 0.1) is 0 Å². The summed E-state index contributed by atoms with van der Waals surface area (Å²) in [6.45, 7) is 5.05. The second kappa shape index (κ2) is 8.81. The molecule has 1 saturated heterocycles. The first-order valence-electron chi connectivity index (χ1n) is 7.60. The van der Waals surface area contributed by atoms with Crippen LogP contribution >= 0.6 is 11.3 Å². The number of hydrogen-bond donors (Lipinski definition) is 2. The first-order chi connectivity index (χ1) is 11.1. The van der Waals surface area contributed by atoms with E-state index in [0.717, 1.165) is 32.8 Å². The van der Waals surface area contributed by atoms with E-state index in [1.54, 1.807) is 10.5 Å². The average Bonchev–Trinajstić information content (AvgIpc) is 3.03. The summed E-state index contributed by atoms with van der Waals surface area (Å²) < 4.78 is 5.37. The molecule has 2 heterocycles. The molecule has 6 nitrogen and oxygen atoms in total. The highest BCUT2D eigenvalue weighted by atomic mass is 32.1. The molecule has 1 aliphatic carbocycles. The fourth-order valence-electron chi connectivity index (χ4n) is 2.63. The van der Waals surface area contributed by atoms with Crippen LogP contribution in [0.25, 0.3) is 5.57 Å². The Bertz CT molecular complexity index is 563. The van der Waals surface area contributed by atoms with E-state index >= 15 is 0 Å². The lowest BCUT2D eigenvalue weighted by Crippen LogP contribution is -2.36. The predicted octanol–water partition coefficient (Wildman–Crippen LogP) is 1.96. The second-order valence-electron chi connectivity index (χ2n) is 5.36. The van der Waals surface area contributed by atoms with E-state index in [1.165, 1.54) is 24.8 Å². The van der Waals surface area contributed by atoms with Crippen molar-refractivity contribution in [3.63, 3.8) is 0 Å². The van der Waals surface area contributed by atoms with E-state index in [1.807, 2.05) is 11.3 Å².